The zero-order valence-electron chi connectivity index (χ0n) is 16.8. The van der Waals surface area contributed by atoms with Crippen LogP contribution in [-0.4, -0.2) is 45.7 Å². The SMILES string of the molecule is CC(C)OC(=O)[C@@H]1C(=O)C[C@@](C)(O)[C@H](C(=O)OC(C)C)[C@H]1c1cccc(O)c1. The van der Waals surface area contributed by atoms with E-state index >= 15 is 0 Å². The second kappa shape index (κ2) is 8.31. The van der Waals surface area contributed by atoms with Gasteiger partial charge in [0.15, 0.2) is 5.78 Å². The maximum atomic E-state index is 12.9. The van der Waals surface area contributed by atoms with Crippen LogP contribution in [-0.2, 0) is 23.9 Å². The largest absolute Gasteiger partial charge is 0.508 e. The molecule has 1 fully saturated rings. The molecule has 0 heterocycles. The molecule has 0 saturated heterocycles. The van der Waals surface area contributed by atoms with Crippen molar-refractivity contribution < 1.29 is 34.1 Å². The topological polar surface area (TPSA) is 110 Å². The molecule has 0 aromatic heterocycles. The molecule has 2 N–H and O–H groups in total. The van der Waals surface area contributed by atoms with Crippen LogP contribution < -0.4 is 0 Å². The average Bonchev–Trinajstić information content (AvgIpc) is 2.51. The normalized spacial score (nSPS) is 27.7. The van der Waals surface area contributed by atoms with Gasteiger partial charge in [-0.1, -0.05) is 12.1 Å². The molecular formula is C21H28O7. The van der Waals surface area contributed by atoms with E-state index in [1.807, 2.05) is 0 Å². The molecule has 0 radical (unpaired) electrons. The lowest BCUT2D eigenvalue weighted by atomic mass is 9.61. The third-order valence-electron chi connectivity index (χ3n) is 4.73. The van der Waals surface area contributed by atoms with Crippen LogP contribution in [0.1, 0.15) is 52.5 Å². The first-order valence-electron chi connectivity index (χ1n) is 9.39. The predicted molar refractivity (Wildman–Crippen MR) is 101 cm³/mol. The Hall–Kier alpha value is -2.41. The van der Waals surface area contributed by atoms with E-state index < -0.39 is 53.3 Å². The Morgan fingerprint density at radius 1 is 1.11 bits per heavy atom. The molecule has 2 rings (SSSR count). The van der Waals surface area contributed by atoms with Crippen molar-refractivity contribution in [1.82, 2.24) is 0 Å². The van der Waals surface area contributed by atoms with Gasteiger partial charge in [-0.25, -0.2) is 0 Å². The highest BCUT2D eigenvalue weighted by atomic mass is 16.5. The number of Topliss-reactive ketones (excluding diaryl/α,β-unsaturated/α-hetero) is 1. The number of phenols is 1. The standard InChI is InChI=1S/C21H28O7/c1-11(2)27-19(24)17-15(23)10-21(5,26)18(20(25)28-12(3)4)16(17)13-7-6-8-14(22)9-13/h6-9,11-12,16-18,22,26H,10H2,1-5H3/t16-,17+,18-,21+/m0/s1. The first-order chi connectivity index (χ1) is 12.9. The lowest BCUT2D eigenvalue weighted by Crippen LogP contribution is -2.55. The summed E-state index contributed by atoms with van der Waals surface area (Å²) in [6.45, 7) is 8.06. The molecule has 0 amide bonds. The third kappa shape index (κ3) is 4.70. The minimum atomic E-state index is -1.71. The van der Waals surface area contributed by atoms with Gasteiger partial charge in [-0.05, 0) is 52.3 Å². The molecule has 7 nitrogen and oxygen atoms in total. The fourth-order valence-corrected chi connectivity index (χ4v) is 3.76. The van der Waals surface area contributed by atoms with Gasteiger partial charge in [0.2, 0.25) is 0 Å². The highest BCUT2D eigenvalue weighted by molar-refractivity contribution is 6.02. The Morgan fingerprint density at radius 3 is 2.21 bits per heavy atom. The highest BCUT2D eigenvalue weighted by Crippen LogP contribution is 2.47. The molecule has 154 valence electrons. The van der Waals surface area contributed by atoms with E-state index in [1.54, 1.807) is 39.8 Å². The van der Waals surface area contributed by atoms with E-state index in [1.165, 1.54) is 19.1 Å². The second-order valence-electron chi connectivity index (χ2n) is 8.05. The fraction of sp³-hybridized carbons (Fsp3) is 0.571. The number of carbonyl (C=O) groups is 3. The van der Waals surface area contributed by atoms with Gasteiger partial charge < -0.3 is 19.7 Å². The fourth-order valence-electron chi connectivity index (χ4n) is 3.76. The molecule has 0 spiro atoms. The summed E-state index contributed by atoms with van der Waals surface area (Å²) in [6.07, 6.45) is -1.27. The molecule has 28 heavy (non-hydrogen) atoms. The van der Waals surface area contributed by atoms with E-state index in [4.69, 9.17) is 9.47 Å². The van der Waals surface area contributed by atoms with Crippen molar-refractivity contribution in [2.24, 2.45) is 11.8 Å². The second-order valence-corrected chi connectivity index (χ2v) is 8.05. The predicted octanol–water partition coefficient (Wildman–Crippen LogP) is 2.34. The molecule has 1 aromatic carbocycles. The number of rotatable bonds is 5. The number of hydrogen-bond donors (Lipinski definition) is 2. The first kappa shape index (κ1) is 21.9. The molecule has 1 aliphatic carbocycles. The molecule has 0 aliphatic heterocycles. The smallest absolute Gasteiger partial charge is 0.317 e. The Bertz CT molecular complexity index is 743. The van der Waals surface area contributed by atoms with Gasteiger partial charge in [0, 0.05) is 12.3 Å². The van der Waals surface area contributed by atoms with Gasteiger partial charge in [-0.2, -0.15) is 0 Å². The molecule has 0 bridgehead atoms. The van der Waals surface area contributed by atoms with Crippen molar-refractivity contribution in [3.05, 3.63) is 29.8 Å². The summed E-state index contributed by atoms with van der Waals surface area (Å²) >= 11 is 0. The minimum absolute atomic E-state index is 0.0814. The molecule has 7 heteroatoms. The molecular weight excluding hydrogens is 364 g/mol. The minimum Gasteiger partial charge on any atom is -0.508 e. The zero-order valence-corrected chi connectivity index (χ0v) is 16.8. The van der Waals surface area contributed by atoms with Gasteiger partial charge >= 0.3 is 11.9 Å². The van der Waals surface area contributed by atoms with Crippen LogP contribution in [0.15, 0.2) is 24.3 Å². The maximum absolute atomic E-state index is 12.9. The van der Waals surface area contributed by atoms with Crippen molar-refractivity contribution in [2.75, 3.05) is 0 Å². The highest BCUT2D eigenvalue weighted by Gasteiger charge is 2.57. The number of aromatic hydroxyl groups is 1. The number of esters is 2. The van der Waals surface area contributed by atoms with Crippen molar-refractivity contribution in [2.45, 2.75) is 64.8 Å². The number of ether oxygens (including phenoxy) is 2. The van der Waals surface area contributed by atoms with E-state index in [0.29, 0.717) is 5.56 Å². The Kier molecular flexibility index (Phi) is 6.49. The van der Waals surface area contributed by atoms with E-state index in [2.05, 4.69) is 0 Å². The van der Waals surface area contributed by atoms with Crippen LogP contribution >= 0.6 is 0 Å². The molecule has 1 aromatic rings. The van der Waals surface area contributed by atoms with Gasteiger partial charge in [-0.15, -0.1) is 0 Å². The Balaban J connectivity index is 2.61. The maximum Gasteiger partial charge on any atom is 0.317 e. The van der Waals surface area contributed by atoms with Crippen LogP contribution in [0.25, 0.3) is 0 Å². The number of aliphatic hydroxyl groups is 1. The summed E-state index contributed by atoms with van der Waals surface area (Å²) < 4.78 is 10.6. The van der Waals surface area contributed by atoms with E-state index in [-0.39, 0.29) is 12.2 Å². The van der Waals surface area contributed by atoms with Crippen molar-refractivity contribution in [3.8, 4) is 5.75 Å². The molecule has 1 saturated carbocycles. The zero-order chi connectivity index (χ0) is 21.2. The average molecular weight is 392 g/mol. The van der Waals surface area contributed by atoms with Gasteiger partial charge in [0.1, 0.15) is 11.7 Å². The monoisotopic (exact) mass is 392 g/mol. The Morgan fingerprint density at radius 2 is 1.68 bits per heavy atom. The third-order valence-corrected chi connectivity index (χ3v) is 4.73. The summed E-state index contributed by atoms with van der Waals surface area (Å²) in [5.41, 5.74) is -1.34. The first-order valence-corrected chi connectivity index (χ1v) is 9.39. The van der Waals surface area contributed by atoms with Crippen LogP contribution in [0.5, 0.6) is 5.75 Å². The number of ketones is 1. The molecule has 4 atom stereocenters. The van der Waals surface area contributed by atoms with Crippen molar-refractivity contribution in [3.63, 3.8) is 0 Å². The van der Waals surface area contributed by atoms with E-state index in [0.717, 1.165) is 0 Å². The summed E-state index contributed by atoms with van der Waals surface area (Å²) in [7, 11) is 0. The summed E-state index contributed by atoms with van der Waals surface area (Å²) in [5.74, 6) is -5.55. The lowest BCUT2D eigenvalue weighted by molar-refractivity contribution is -0.176. The van der Waals surface area contributed by atoms with Crippen LogP contribution in [0.3, 0.4) is 0 Å². The number of phenolic OH excluding ortho intramolecular Hbond substituents is 1. The van der Waals surface area contributed by atoms with Crippen LogP contribution in [0.2, 0.25) is 0 Å². The molecule has 0 unspecified atom stereocenters. The lowest BCUT2D eigenvalue weighted by Gasteiger charge is -2.44. The van der Waals surface area contributed by atoms with E-state index in [9.17, 15) is 24.6 Å². The van der Waals surface area contributed by atoms with Gasteiger partial charge in [0.05, 0.1) is 23.7 Å². The van der Waals surface area contributed by atoms with Gasteiger partial charge in [0.25, 0.3) is 0 Å². The number of carbonyl (C=O) groups excluding carboxylic acids is 3. The van der Waals surface area contributed by atoms with Crippen molar-refractivity contribution >= 4 is 17.7 Å². The van der Waals surface area contributed by atoms with Gasteiger partial charge in [-0.3, -0.25) is 14.4 Å². The Labute approximate surface area is 164 Å². The van der Waals surface area contributed by atoms with Crippen LogP contribution in [0, 0.1) is 11.8 Å². The number of hydrogen-bond acceptors (Lipinski definition) is 7. The quantitative estimate of drug-likeness (QED) is 0.584. The number of benzene rings is 1. The summed E-state index contributed by atoms with van der Waals surface area (Å²) in [6, 6.07) is 5.97. The molecule has 1 aliphatic rings. The van der Waals surface area contributed by atoms with Crippen LogP contribution in [0.4, 0.5) is 0 Å². The van der Waals surface area contributed by atoms with Crippen molar-refractivity contribution in [1.29, 1.82) is 0 Å². The summed E-state index contributed by atoms with van der Waals surface area (Å²) in [4.78, 5) is 38.4. The summed E-state index contributed by atoms with van der Waals surface area (Å²) in [5, 5.41) is 20.8.